The normalized spacial score (nSPS) is 18.5. The largest absolute Gasteiger partial charge is 0.486 e. The van der Waals surface area contributed by atoms with E-state index in [2.05, 4.69) is 99.7 Å². The molecule has 4 nitrogen and oxygen atoms in total. The highest BCUT2D eigenvalue weighted by molar-refractivity contribution is 6.11. The molecule has 0 spiro atoms. The molecule has 2 heterocycles. The van der Waals surface area contributed by atoms with Crippen molar-refractivity contribution in [2.75, 3.05) is 17.0 Å². The maximum Gasteiger partial charge on any atom is 0.153 e. The van der Waals surface area contributed by atoms with Gasteiger partial charge in [0, 0.05) is 22.7 Å². The fourth-order valence-corrected chi connectivity index (χ4v) is 4.70. The number of pyridine rings is 1. The van der Waals surface area contributed by atoms with E-state index in [0.29, 0.717) is 0 Å². The van der Waals surface area contributed by atoms with E-state index in [4.69, 9.17) is 9.72 Å². The number of rotatable bonds is 3. The fourth-order valence-electron chi connectivity index (χ4n) is 4.70. The van der Waals surface area contributed by atoms with E-state index < -0.39 is 0 Å². The van der Waals surface area contributed by atoms with Crippen molar-refractivity contribution in [1.29, 1.82) is 0 Å². The summed E-state index contributed by atoms with van der Waals surface area (Å²) in [5.74, 6) is 1.74. The van der Waals surface area contributed by atoms with E-state index in [1.807, 2.05) is 12.1 Å². The first-order valence-corrected chi connectivity index (χ1v) is 11.4. The minimum atomic E-state index is -0.288. The Hall–Kier alpha value is -3.27. The van der Waals surface area contributed by atoms with Gasteiger partial charge in [-0.05, 0) is 50.3 Å². The Morgan fingerprint density at radius 2 is 1.62 bits per heavy atom. The molecule has 1 aliphatic heterocycles. The first kappa shape index (κ1) is 20.6. The summed E-state index contributed by atoms with van der Waals surface area (Å²) in [5.41, 5.74) is 6.72. The topological polar surface area (TPSA) is 37.4 Å². The highest BCUT2D eigenvalue weighted by Gasteiger charge is 2.34. The maximum atomic E-state index is 6.36. The molecule has 0 saturated heterocycles. The number of hydrogen-bond donors (Lipinski definition) is 1. The Kier molecular flexibility index (Phi) is 4.77. The second-order valence-corrected chi connectivity index (χ2v) is 10.0. The number of hydrazine groups is 1. The third-order valence-electron chi connectivity index (χ3n) is 6.48. The Bertz CT molecular complexity index is 1310. The molecule has 164 valence electrons. The van der Waals surface area contributed by atoms with Crippen LogP contribution in [-0.4, -0.2) is 17.1 Å². The third-order valence-corrected chi connectivity index (χ3v) is 6.48. The first-order valence-electron chi connectivity index (χ1n) is 11.4. The highest BCUT2D eigenvalue weighted by Crippen LogP contribution is 2.42. The van der Waals surface area contributed by atoms with Gasteiger partial charge in [-0.25, -0.2) is 4.98 Å². The number of ether oxygens (including phenoxy) is 1. The summed E-state index contributed by atoms with van der Waals surface area (Å²) < 4.78 is 6.36. The molecule has 5 rings (SSSR count). The number of anilines is 2. The smallest absolute Gasteiger partial charge is 0.153 e. The van der Waals surface area contributed by atoms with Crippen molar-refractivity contribution in [3.8, 4) is 5.75 Å². The van der Waals surface area contributed by atoms with E-state index in [0.717, 1.165) is 41.1 Å². The summed E-state index contributed by atoms with van der Waals surface area (Å²) in [4.78, 5) is 5.17. The lowest BCUT2D eigenvalue weighted by molar-refractivity contribution is 0.131. The lowest BCUT2D eigenvalue weighted by Gasteiger charge is -2.40. The van der Waals surface area contributed by atoms with Gasteiger partial charge in [-0.1, -0.05) is 68.4 Å². The van der Waals surface area contributed by atoms with Crippen molar-refractivity contribution in [3.63, 3.8) is 0 Å². The summed E-state index contributed by atoms with van der Waals surface area (Å²) in [7, 11) is 0. The van der Waals surface area contributed by atoms with E-state index in [1.165, 1.54) is 16.3 Å². The van der Waals surface area contributed by atoms with Gasteiger partial charge < -0.3 is 4.74 Å². The van der Waals surface area contributed by atoms with Crippen LogP contribution in [0.1, 0.15) is 46.6 Å². The van der Waals surface area contributed by atoms with Crippen molar-refractivity contribution in [2.24, 2.45) is 0 Å². The lowest BCUT2D eigenvalue weighted by Crippen LogP contribution is -2.44. The molecule has 0 radical (unpaired) electrons. The number of nitrogens with zero attached hydrogens (tertiary/aromatic N) is 2. The van der Waals surface area contributed by atoms with Crippen LogP contribution in [0.4, 0.5) is 11.5 Å². The standard InChI is InChI=1S/C28H31N3O/c1-6-28(5)18-31(23-16-9-10-17-24(23)32-27(2,3)4)30-26-21-13-8-7-12-19(21)20-14-11-15-22(28)25(20)29-26/h7-17H,6,18H2,1-5H3,(H,29,30). The molecule has 0 aliphatic carbocycles. The predicted molar refractivity (Wildman–Crippen MR) is 135 cm³/mol. The van der Waals surface area contributed by atoms with Crippen LogP contribution in [0.25, 0.3) is 21.7 Å². The van der Waals surface area contributed by atoms with Crippen LogP contribution in [0.3, 0.4) is 0 Å². The van der Waals surface area contributed by atoms with Crippen LogP contribution in [0.15, 0.2) is 66.7 Å². The van der Waals surface area contributed by atoms with Gasteiger partial charge in [0.15, 0.2) is 5.82 Å². The average Bonchev–Trinajstić information content (AvgIpc) is 2.76. The van der Waals surface area contributed by atoms with Crippen molar-refractivity contribution >= 4 is 33.2 Å². The Balaban J connectivity index is 1.76. The molecule has 1 unspecified atom stereocenters. The van der Waals surface area contributed by atoms with E-state index in [9.17, 15) is 0 Å². The Morgan fingerprint density at radius 3 is 2.38 bits per heavy atom. The van der Waals surface area contributed by atoms with Crippen LogP contribution in [-0.2, 0) is 5.41 Å². The van der Waals surface area contributed by atoms with Crippen LogP contribution in [0, 0.1) is 0 Å². The zero-order chi connectivity index (χ0) is 22.5. The molecule has 2 bridgehead atoms. The van der Waals surface area contributed by atoms with Gasteiger partial charge >= 0.3 is 0 Å². The van der Waals surface area contributed by atoms with Gasteiger partial charge in [-0.15, -0.1) is 0 Å². The summed E-state index contributed by atoms with van der Waals surface area (Å²) in [6.45, 7) is 11.6. The molecule has 0 fully saturated rings. The molecule has 3 aromatic carbocycles. The predicted octanol–water partition coefficient (Wildman–Crippen LogP) is 7.08. The summed E-state index contributed by atoms with van der Waals surface area (Å²) in [6, 6.07) is 23.4. The van der Waals surface area contributed by atoms with E-state index in [-0.39, 0.29) is 11.0 Å². The van der Waals surface area contributed by atoms with Gasteiger partial charge in [0.1, 0.15) is 11.4 Å². The molecule has 4 aromatic rings. The molecule has 1 aliphatic rings. The zero-order valence-electron chi connectivity index (χ0n) is 19.6. The molecule has 1 N–H and O–H groups in total. The van der Waals surface area contributed by atoms with Crippen molar-refractivity contribution in [1.82, 2.24) is 4.98 Å². The average molecular weight is 426 g/mol. The molecule has 32 heavy (non-hydrogen) atoms. The molecule has 4 heteroatoms. The number of nitrogens with one attached hydrogen (secondary N) is 1. The number of fused-ring (bicyclic) bond motifs is 4. The molecule has 0 amide bonds. The highest BCUT2D eigenvalue weighted by atomic mass is 16.5. The minimum Gasteiger partial charge on any atom is -0.486 e. The maximum absolute atomic E-state index is 6.36. The molecular formula is C28H31N3O. The fraction of sp³-hybridized carbons (Fsp3) is 0.321. The summed E-state index contributed by atoms with van der Waals surface area (Å²) in [6.07, 6.45) is 0.996. The minimum absolute atomic E-state index is 0.0888. The van der Waals surface area contributed by atoms with E-state index in [1.54, 1.807) is 0 Å². The van der Waals surface area contributed by atoms with Crippen molar-refractivity contribution < 1.29 is 4.74 Å². The first-order chi connectivity index (χ1) is 15.3. The van der Waals surface area contributed by atoms with Gasteiger partial charge in [0.25, 0.3) is 0 Å². The lowest BCUT2D eigenvalue weighted by atomic mass is 9.78. The SMILES string of the molecule is CCC1(C)CN(c2ccccc2OC(C)(C)C)Nc2nc3c1cccc3c1ccccc21. The van der Waals surface area contributed by atoms with E-state index >= 15 is 0 Å². The van der Waals surface area contributed by atoms with Gasteiger partial charge in [0.2, 0.25) is 0 Å². The quantitative estimate of drug-likeness (QED) is 0.356. The van der Waals surface area contributed by atoms with Crippen molar-refractivity contribution in [2.45, 2.75) is 52.1 Å². The summed E-state index contributed by atoms with van der Waals surface area (Å²) in [5, 5.41) is 5.78. The molecule has 1 atom stereocenters. The second-order valence-electron chi connectivity index (χ2n) is 10.0. The van der Waals surface area contributed by atoms with Gasteiger partial charge in [0.05, 0.1) is 11.2 Å². The van der Waals surface area contributed by atoms with Crippen molar-refractivity contribution in [3.05, 3.63) is 72.3 Å². The molecule has 1 aromatic heterocycles. The zero-order valence-corrected chi connectivity index (χ0v) is 19.6. The van der Waals surface area contributed by atoms with Gasteiger partial charge in [-0.3, -0.25) is 10.4 Å². The molecular weight excluding hydrogens is 394 g/mol. The number of para-hydroxylation sites is 3. The molecule has 0 saturated carbocycles. The third kappa shape index (κ3) is 3.44. The number of benzene rings is 3. The summed E-state index contributed by atoms with van der Waals surface area (Å²) >= 11 is 0. The van der Waals surface area contributed by atoms with Crippen LogP contribution >= 0.6 is 0 Å². The monoisotopic (exact) mass is 425 g/mol. The number of hydrogen-bond acceptors (Lipinski definition) is 4. The number of aromatic nitrogens is 1. The van der Waals surface area contributed by atoms with Gasteiger partial charge in [-0.2, -0.15) is 0 Å². The Labute approximate surface area is 190 Å². The Morgan fingerprint density at radius 1 is 0.938 bits per heavy atom. The van der Waals surface area contributed by atoms with Crippen LogP contribution in [0.2, 0.25) is 0 Å². The van der Waals surface area contributed by atoms with Crippen LogP contribution in [0.5, 0.6) is 5.75 Å². The van der Waals surface area contributed by atoms with Crippen LogP contribution < -0.4 is 15.2 Å². The second kappa shape index (κ2) is 7.40.